The number of amides is 1. The molecule has 1 amide bonds. The molecule has 1 N–H and O–H groups in total. The van der Waals surface area contributed by atoms with Gasteiger partial charge in [-0.05, 0) is 19.8 Å². The van der Waals surface area contributed by atoms with Crippen molar-refractivity contribution < 1.29 is 23.1 Å². The Morgan fingerprint density at radius 2 is 2.14 bits per heavy atom. The lowest BCUT2D eigenvalue weighted by atomic mass is 9.96. The fourth-order valence-corrected chi connectivity index (χ4v) is 2.41. The third-order valence-corrected chi connectivity index (χ3v) is 3.72. The molecule has 1 fully saturated rings. The summed E-state index contributed by atoms with van der Waals surface area (Å²) >= 11 is 0. The van der Waals surface area contributed by atoms with Crippen molar-refractivity contribution in [3.63, 3.8) is 0 Å². The Morgan fingerprint density at radius 1 is 1.52 bits per heavy atom. The average molecular weight is 305 g/mol. The molecule has 1 aliphatic rings. The van der Waals surface area contributed by atoms with Crippen molar-refractivity contribution in [2.24, 2.45) is 7.05 Å². The molecular formula is C13H18F3N3O2. The van der Waals surface area contributed by atoms with Gasteiger partial charge in [-0.3, -0.25) is 4.79 Å². The maximum Gasteiger partial charge on any atom is 0.425 e. The number of hydrogen-bond acceptors (Lipinski definition) is 3. The van der Waals surface area contributed by atoms with Crippen molar-refractivity contribution in [1.29, 1.82) is 0 Å². The number of nitrogens with zero attached hydrogens (tertiary/aromatic N) is 3. The van der Waals surface area contributed by atoms with Crippen LogP contribution in [0.1, 0.15) is 32.0 Å². The number of carbonyl (C=O) groups excluding carboxylic acids is 1. The van der Waals surface area contributed by atoms with E-state index in [0.29, 0.717) is 6.54 Å². The molecule has 0 aliphatic heterocycles. The van der Waals surface area contributed by atoms with Crippen LogP contribution in [-0.4, -0.2) is 44.2 Å². The molecule has 1 unspecified atom stereocenters. The molecule has 0 radical (unpaired) electrons. The lowest BCUT2D eigenvalue weighted by Crippen LogP contribution is -2.49. The van der Waals surface area contributed by atoms with Gasteiger partial charge >= 0.3 is 6.18 Å². The molecule has 0 saturated heterocycles. The average Bonchev–Trinajstić information content (AvgIpc) is 3.09. The minimum absolute atomic E-state index is 0.00125. The first kappa shape index (κ1) is 15.8. The van der Waals surface area contributed by atoms with E-state index in [1.54, 1.807) is 6.92 Å². The van der Waals surface area contributed by atoms with E-state index >= 15 is 0 Å². The topological polar surface area (TPSA) is 58.4 Å². The predicted octanol–water partition coefficient (Wildman–Crippen LogP) is 1.57. The van der Waals surface area contributed by atoms with Gasteiger partial charge in [0.25, 0.3) is 0 Å². The van der Waals surface area contributed by atoms with Crippen LogP contribution in [0.25, 0.3) is 0 Å². The van der Waals surface area contributed by atoms with Crippen molar-refractivity contribution in [1.82, 2.24) is 14.5 Å². The minimum atomic E-state index is -4.98. The highest BCUT2D eigenvalue weighted by Gasteiger charge is 2.59. The standard InChI is InChI=1S/C13H18F3N3O2/c1-3-19(9-4-5-9)10(20)8-12(21,13(14,15)16)11-17-6-7-18(11)2/h6-7,9,21H,3-5,8H2,1-2H3. The number of hydrogen-bond donors (Lipinski definition) is 1. The van der Waals surface area contributed by atoms with Gasteiger partial charge in [-0.1, -0.05) is 0 Å². The molecule has 0 spiro atoms. The monoisotopic (exact) mass is 305 g/mol. The maximum atomic E-state index is 13.3. The lowest BCUT2D eigenvalue weighted by Gasteiger charge is -2.31. The van der Waals surface area contributed by atoms with E-state index in [4.69, 9.17) is 0 Å². The fourth-order valence-electron chi connectivity index (χ4n) is 2.41. The summed E-state index contributed by atoms with van der Waals surface area (Å²) in [4.78, 5) is 17.1. The number of carbonyl (C=O) groups is 1. The summed E-state index contributed by atoms with van der Waals surface area (Å²) in [7, 11) is 1.35. The summed E-state index contributed by atoms with van der Waals surface area (Å²) in [6.45, 7) is 2.04. The Kier molecular flexibility index (Phi) is 4.01. The second kappa shape index (κ2) is 5.32. The summed E-state index contributed by atoms with van der Waals surface area (Å²) in [5.74, 6) is -1.28. The van der Waals surface area contributed by atoms with Gasteiger partial charge in [0.2, 0.25) is 11.5 Å². The number of imidazole rings is 1. The van der Waals surface area contributed by atoms with E-state index < -0.39 is 29.9 Å². The number of aromatic nitrogens is 2. The van der Waals surface area contributed by atoms with E-state index in [2.05, 4.69) is 4.98 Å². The fraction of sp³-hybridized carbons (Fsp3) is 0.692. The Hall–Kier alpha value is -1.57. The lowest BCUT2D eigenvalue weighted by molar-refractivity contribution is -0.272. The van der Waals surface area contributed by atoms with Crippen LogP contribution in [0, 0.1) is 0 Å². The Bertz CT molecular complexity index is 525. The number of aliphatic hydroxyl groups is 1. The van der Waals surface area contributed by atoms with Gasteiger partial charge in [0.1, 0.15) is 0 Å². The van der Waals surface area contributed by atoms with Crippen LogP contribution in [0.15, 0.2) is 12.4 Å². The molecule has 5 nitrogen and oxygen atoms in total. The third-order valence-electron chi connectivity index (χ3n) is 3.72. The van der Waals surface area contributed by atoms with Crippen molar-refractivity contribution in [3.05, 3.63) is 18.2 Å². The molecule has 118 valence electrons. The normalized spacial score (nSPS) is 18.4. The van der Waals surface area contributed by atoms with Gasteiger partial charge < -0.3 is 14.6 Å². The first-order valence-corrected chi connectivity index (χ1v) is 6.77. The van der Waals surface area contributed by atoms with Gasteiger partial charge in [-0.2, -0.15) is 13.2 Å². The van der Waals surface area contributed by atoms with E-state index in [1.807, 2.05) is 0 Å². The first-order chi connectivity index (χ1) is 9.70. The molecule has 1 aromatic heterocycles. The summed E-state index contributed by atoms with van der Waals surface area (Å²) in [5, 5.41) is 10.2. The third kappa shape index (κ3) is 2.90. The molecule has 21 heavy (non-hydrogen) atoms. The van der Waals surface area contributed by atoms with E-state index in [0.717, 1.165) is 23.6 Å². The molecule has 1 atom stereocenters. The SMILES string of the molecule is CCN(C(=O)CC(O)(c1nccn1C)C(F)(F)F)C1CC1. The van der Waals surface area contributed by atoms with E-state index in [9.17, 15) is 23.1 Å². The van der Waals surface area contributed by atoms with Crippen LogP contribution in [0.5, 0.6) is 0 Å². The maximum absolute atomic E-state index is 13.3. The van der Waals surface area contributed by atoms with Gasteiger partial charge in [0.15, 0.2) is 5.82 Å². The van der Waals surface area contributed by atoms with E-state index in [1.165, 1.54) is 18.1 Å². The quantitative estimate of drug-likeness (QED) is 0.898. The summed E-state index contributed by atoms with van der Waals surface area (Å²) in [6, 6.07) is 0.00125. The largest absolute Gasteiger partial charge is 0.425 e. The van der Waals surface area contributed by atoms with Crippen molar-refractivity contribution >= 4 is 5.91 Å². The highest BCUT2D eigenvalue weighted by Crippen LogP contribution is 2.41. The van der Waals surface area contributed by atoms with Gasteiger partial charge in [-0.15, -0.1) is 0 Å². The first-order valence-electron chi connectivity index (χ1n) is 6.77. The zero-order chi connectivity index (χ0) is 15.8. The molecule has 0 bridgehead atoms. The van der Waals surface area contributed by atoms with Crippen molar-refractivity contribution in [3.8, 4) is 0 Å². The summed E-state index contributed by atoms with van der Waals surface area (Å²) in [6.07, 6.45) is -1.97. The molecule has 8 heteroatoms. The van der Waals surface area contributed by atoms with Crippen LogP contribution in [0.4, 0.5) is 13.2 Å². The predicted molar refractivity (Wildman–Crippen MR) is 68.2 cm³/mol. The number of aryl methyl sites for hydroxylation is 1. The van der Waals surface area contributed by atoms with Gasteiger partial charge in [-0.25, -0.2) is 4.98 Å². The molecule has 1 aromatic rings. The molecule has 2 rings (SSSR count). The minimum Gasteiger partial charge on any atom is -0.374 e. The van der Waals surface area contributed by atoms with Gasteiger partial charge in [0, 0.05) is 32.0 Å². The molecular weight excluding hydrogens is 287 g/mol. The van der Waals surface area contributed by atoms with Crippen LogP contribution in [-0.2, 0) is 17.4 Å². The van der Waals surface area contributed by atoms with Crippen LogP contribution in [0.3, 0.4) is 0 Å². The molecule has 1 saturated carbocycles. The second-order valence-corrected chi connectivity index (χ2v) is 5.31. The number of halogens is 3. The Morgan fingerprint density at radius 3 is 2.52 bits per heavy atom. The smallest absolute Gasteiger partial charge is 0.374 e. The zero-order valence-corrected chi connectivity index (χ0v) is 11.9. The van der Waals surface area contributed by atoms with Crippen LogP contribution >= 0.6 is 0 Å². The Balaban J connectivity index is 2.29. The summed E-state index contributed by atoms with van der Waals surface area (Å²) < 4.78 is 41.0. The molecule has 0 aromatic carbocycles. The van der Waals surface area contributed by atoms with Crippen LogP contribution < -0.4 is 0 Å². The van der Waals surface area contributed by atoms with Crippen molar-refractivity contribution in [2.75, 3.05) is 6.54 Å². The zero-order valence-electron chi connectivity index (χ0n) is 11.9. The number of rotatable bonds is 5. The molecule has 1 aliphatic carbocycles. The second-order valence-electron chi connectivity index (χ2n) is 5.31. The van der Waals surface area contributed by atoms with E-state index in [-0.39, 0.29) is 6.04 Å². The van der Waals surface area contributed by atoms with Crippen molar-refractivity contribution in [2.45, 2.75) is 44.0 Å². The Labute approximate surface area is 120 Å². The van der Waals surface area contributed by atoms with Gasteiger partial charge in [0.05, 0.1) is 6.42 Å². The number of alkyl halides is 3. The highest BCUT2D eigenvalue weighted by atomic mass is 19.4. The molecule has 1 heterocycles. The summed E-state index contributed by atoms with van der Waals surface area (Å²) in [5.41, 5.74) is -3.27. The van der Waals surface area contributed by atoms with Crippen LogP contribution in [0.2, 0.25) is 0 Å². The highest BCUT2D eigenvalue weighted by molar-refractivity contribution is 5.78.